The second kappa shape index (κ2) is 5.01. The molecule has 0 aliphatic carbocycles. The third-order valence-corrected chi connectivity index (χ3v) is 1.69. The fraction of sp³-hybridized carbons (Fsp3) is 0.125. The quantitative estimate of drug-likeness (QED) is 0.400. The zero-order valence-electron chi connectivity index (χ0n) is 6.55. The Morgan fingerprint density at radius 3 is 2.50 bits per heavy atom. The summed E-state index contributed by atoms with van der Waals surface area (Å²) < 4.78 is 4.83. The van der Waals surface area contributed by atoms with Crippen LogP contribution in [0.4, 0.5) is 0 Å². The van der Waals surface area contributed by atoms with Gasteiger partial charge in [-0.3, -0.25) is 0 Å². The Morgan fingerprint density at radius 1 is 1.42 bits per heavy atom. The molecule has 0 aliphatic heterocycles. The summed E-state index contributed by atoms with van der Waals surface area (Å²) in [4.78, 5) is 0. The molecule has 0 aromatic heterocycles. The van der Waals surface area contributed by atoms with E-state index in [0.29, 0.717) is 10.9 Å². The molecule has 66 valence electrons. The Hall–Kier alpha value is -0.730. The van der Waals surface area contributed by atoms with Crippen molar-refractivity contribution in [1.82, 2.24) is 0 Å². The maximum atomic E-state index is 5.82. The minimum Gasteiger partial charge on any atom is -1.00 e. The van der Waals surface area contributed by atoms with Crippen molar-refractivity contribution < 1.29 is 22.6 Å². The van der Waals surface area contributed by atoms with E-state index in [1.54, 1.807) is 12.1 Å². The van der Waals surface area contributed by atoms with Crippen LogP contribution in [-0.2, 0) is 4.74 Å². The monoisotopic (exact) mass is 205 g/mol. The Kier molecular flexibility index (Phi) is 4.71. The Morgan fingerprint density at radius 2 is 2.00 bits per heavy atom. The molecule has 0 atom stereocenters. The van der Waals surface area contributed by atoms with E-state index >= 15 is 0 Å². The summed E-state index contributed by atoms with van der Waals surface area (Å²) in [7, 11) is 1.51. The molecule has 0 amide bonds. The van der Waals surface area contributed by atoms with Crippen LogP contribution in [0.2, 0.25) is 5.02 Å². The lowest BCUT2D eigenvalue weighted by Gasteiger charge is -1.97. The number of halogens is 2. The summed E-state index contributed by atoms with van der Waals surface area (Å²) in [5.41, 5.74) is 0.733. The van der Waals surface area contributed by atoms with E-state index < -0.39 is 0 Å². The van der Waals surface area contributed by atoms with E-state index in [1.807, 2.05) is 12.1 Å². The summed E-state index contributed by atoms with van der Waals surface area (Å²) in [6.45, 7) is 0. The van der Waals surface area contributed by atoms with Gasteiger partial charge in [-0.25, -0.2) is 5.41 Å². The van der Waals surface area contributed by atoms with Crippen LogP contribution < -0.4 is 17.8 Å². The first-order valence-electron chi connectivity index (χ1n) is 3.17. The predicted octanol–water partition coefficient (Wildman–Crippen LogP) is -2.50. The lowest BCUT2D eigenvalue weighted by atomic mass is 10.2. The molecule has 0 bridgehead atoms. The van der Waals surface area contributed by atoms with Crippen molar-refractivity contribution in [1.29, 1.82) is 0 Å². The van der Waals surface area contributed by atoms with Crippen LogP contribution in [0.25, 0.3) is 0 Å². The first-order chi connectivity index (χ1) is 5.25. The predicted molar refractivity (Wildman–Crippen MR) is 44.5 cm³/mol. The fourth-order valence-electron chi connectivity index (χ4n) is 0.771. The maximum absolute atomic E-state index is 5.82. The molecule has 0 spiro atoms. The van der Waals surface area contributed by atoms with Crippen LogP contribution >= 0.6 is 11.6 Å². The fourth-order valence-corrected chi connectivity index (χ4v) is 1.000. The number of nitrogens with two attached hydrogens (primary N) is 1. The Bertz CT molecular complexity index is 276. The smallest absolute Gasteiger partial charge is 0.367 e. The molecular formula is C8H9Cl2NO. The Balaban J connectivity index is 0.00000121. The number of hydrogen-bond acceptors (Lipinski definition) is 1. The molecule has 0 fully saturated rings. The minimum absolute atomic E-state index is 0. The number of ether oxygens (including phenoxy) is 1. The molecule has 0 aliphatic rings. The van der Waals surface area contributed by atoms with Crippen LogP contribution in [0, 0.1) is 0 Å². The molecule has 1 rings (SSSR count). The van der Waals surface area contributed by atoms with E-state index in [-0.39, 0.29) is 12.4 Å². The molecule has 1 aromatic carbocycles. The maximum Gasteiger partial charge on any atom is 0.367 e. The molecule has 0 heterocycles. The van der Waals surface area contributed by atoms with Gasteiger partial charge in [0, 0.05) is 0 Å². The zero-order valence-corrected chi connectivity index (χ0v) is 8.06. The van der Waals surface area contributed by atoms with E-state index in [4.69, 9.17) is 21.7 Å². The van der Waals surface area contributed by atoms with Gasteiger partial charge in [0.05, 0.1) is 12.1 Å². The van der Waals surface area contributed by atoms with Crippen LogP contribution in [0.15, 0.2) is 24.3 Å². The largest absolute Gasteiger partial charge is 1.00 e. The number of methoxy groups -OCH3 is 1. The van der Waals surface area contributed by atoms with Crippen molar-refractivity contribution in [2.45, 2.75) is 0 Å². The van der Waals surface area contributed by atoms with E-state index in [9.17, 15) is 0 Å². The average Bonchev–Trinajstić information content (AvgIpc) is 2.04. The van der Waals surface area contributed by atoms with Crippen molar-refractivity contribution in [3.8, 4) is 0 Å². The second-order valence-corrected chi connectivity index (χ2v) is 2.46. The van der Waals surface area contributed by atoms with Gasteiger partial charge >= 0.3 is 5.90 Å². The molecule has 2 nitrogen and oxygen atoms in total. The summed E-state index contributed by atoms with van der Waals surface area (Å²) >= 11 is 5.82. The van der Waals surface area contributed by atoms with Crippen molar-refractivity contribution >= 4 is 17.5 Å². The molecule has 12 heavy (non-hydrogen) atoms. The van der Waals surface area contributed by atoms with E-state index in [2.05, 4.69) is 0 Å². The van der Waals surface area contributed by atoms with Gasteiger partial charge in [-0.1, -0.05) is 23.7 Å². The highest BCUT2D eigenvalue weighted by Gasteiger charge is 2.09. The molecule has 0 unspecified atom stereocenters. The Labute approximate surface area is 82.4 Å². The normalized spacial score (nSPS) is 8.50. The third-order valence-electron chi connectivity index (χ3n) is 1.36. The minimum atomic E-state index is 0. The number of hydrogen-bond donors (Lipinski definition) is 1. The zero-order chi connectivity index (χ0) is 8.27. The summed E-state index contributed by atoms with van der Waals surface area (Å²) in [6, 6.07) is 7.27. The van der Waals surface area contributed by atoms with Gasteiger partial charge in [-0.15, -0.1) is 0 Å². The van der Waals surface area contributed by atoms with Crippen molar-refractivity contribution in [2.24, 2.45) is 0 Å². The van der Waals surface area contributed by atoms with Crippen molar-refractivity contribution in [3.63, 3.8) is 0 Å². The van der Waals surface area contributed by atoms with Gasteiger partial charge in [0.2, 0.25) is 0 Å². The average molecular weight is 206 g/mol. The highest BCUT2D eigenvalue weighted by atomic mass is 35.5. The van der Waals surface area contributed by atoms with Gasteiger partial charge < -0.3 is 17.1 Å². The van der Waals surface area contributed by atoms with Gasteiger partial charge in [0.1, 0.15) is 5.56 Å². The first kappa shape index (κ1) is 11.3. The molecule has 0 radical (unpaired) electrons. The number of rotatable bonds is 1. The first-order valence-corrected chi connectivity index (χ1v) is 3.55. The van der Waals surface area contributed by atoms with Crippen LogP contribution in [0.3, 0.4) is 0 Å². The van der Waals surface area contributed by atoms with Crippen molar-refractivity contribution in [2.75, 3.05) is 7.11 Å². The molecular weight excluding hydrogens is 197 g/mol. The SMILES string of the molecule is COC(=[NH2+])c1ccccc1Cl.[Cl-]. The van der Waals surface area contributed by atoms with Crippen LogP contribution in [-0.4, -0.2) is 13.0 Å². The topological polar surface area (TPSA) is 34.8 Å². The standard InChI is InChI=1S/C8H8ClNO.ClH/c1-11-8(10)6-4-2-3-5-7(6)9;/h2-5,10H,1H3;1H. The third kappa shape index (κ3) is 2.40. The molecule has 0 saturated carbocycles. The van der Waals surface area contributed by atoms with Crippen molar-refractivity contribution in [3.05, 3.63) is 34.9 Å². The summed E-state index contributed by atoms with van der Waals surface area (Å²) in [6.07, 6.45) is 0. The highest BCUT2D eigenvalue weighted by molar-refractivity contribution is 6.33. The number of benzene rings is 1. The van der Waals surface area contributed by atoms with Gasteiger partial charge in [0.15, 0.2) is 0 Å². The molecule has 1 aromatic rings. The van der Waals surface area contributed by atoms with Gasteiger partial charge in [-0.2, -0.15) is 0 Å². The van der Waals surface area contributed by atoms with Gasteiger partial charge in [0.25, 0.3) is 0 Å². The van der Waals surface area contributed by atoms with Gasteiger partial charge in [-0.05, 0) is 12.1 Å². The summed E-state index contributed by atoms with van der Waals surface area (Å²) in [5.74, 6) is 0.343. The molecule has 4 heteroatoms. The lowest BCUT2D eigenvalue weighted by molar-refractivity contribution is -0.135. The summed E-state index contributed by atoms with van der Waals surface area (Å²) in [5, 5.41) is 6.11. The van der Waals surface area contributed by atoms with E-state index in [0.717, 1.165) is 5.56 Å². The van der Waals surface area contributed by atoms with Crippen LogP contribution in [0.5, 0.6) is 0 Å². The highest BCUT2D eigenvalue weighted by Crippen LogP contribution is 2.14. The van der Waals surface area contributed by atoms with Crippen LogP contribution in [0.1, 0.15) is 5.56 Å². The lowest BCUT2D eigenvalue weighted by Crippen LogP contribution is -3.00. The van der Waals surface area contributed by atoms with E-state index in [1.165, 1.54) is 7.11 Å². The molecule has 0 saturated heterocycles. The second-order valence-electron chi connectivity index (χ2n) is 2.05. The molecule has 2 N–H and O–H groups in total.